The van der Waals surface area contributed by atoms with Crippen molar-refractivity contribution in [2.75, 3.05) is 37.6 Å². The van der Waals surface area contributed by atoms with E-state index in [0.29, 0.717) is 5.92 Å². The zero-order valence-corrected chi connectivity index (χ0v) is 20.6. The predicted octanol–water partition coefficient (Wildman–Crippen LogP) is 4.31. The third-order valence-electron chi connectivity index (χ3n) is 5.74. The summed E-state index contributed by atoms with van der Waals surface area (Å²) in [5.74, 6) is 1.73. The van der Waals surface area contributed by atoms with Crippen LogP contribution < -0.4 is 10.2 Å². The molecule has 1 fully saturated rings. The summed E-state index contributed by atoms with van der Waals surface area (Å²) < 4.78 is 0. The van der Waals surface area contributed by atoms with Gasteiger partial charge in [-0.2, -0.15) is 0 Å². The van der Waals surface area contributed by atoms with Gasteiger partial charge in [0.15, 0.2) is 5.96 Å². The summed E-state index contributed by atoms with van der Waals surface area (Å²) in [5, 5.41) is 6.87. The highest BCUT2D eigenvalue weighted by Crippen LogP contribution is 2.27. The summed E-state index contributed by atoms with van der Waals surface area (Å²) in [4.78, 5) is 14.5. The largest absolute Gasteiger partial charge is 0.356 e. The number of guanidine groups is 1. The maximum atomic E-state index is 5.03. The molecule has 1 aromatic heterocycles. The average molecular weight is 526 g/mol. The van der Waals surface area contributed by atoms with E-state index in [1.54, 1.807) is 11.3 Å². The second-order valence-corrected chi connectivity index (χ2v) is 8.86. The van der Waals surface area contributed by atoms with Gasteiger partial charge in [0, 0.05) is 37.2 Å². The third kappa shape index (κ3) is 5.70. The molecule has 4 rings (SSSR count). The van der Waals surface area contributed by atoms with Gasteiger partial charge in [0.25, 0.3) is 0 Å². The molecule has 3 heterocycles. The summed E-state index contributed by atoms with van der Waals surface area (Å²) in [5.41, 5.74) is 3.97. The molecule has 7 heteroatoms. The number of para-hydroxylation sites is 1. The van der Waals surface area contributed by atoms with Gasteiger partial charge in [-0.05, 0) is 63.7 Å². The Labute approximate surface area is 195 Å². The van der Waals surface area contributed by atoms with Gasteiger partial charge in [-0.3, -0.25) is 9.89 Å². The first-order valence-electron chi connectivity index (χ1n) is 10.5. The summed E-state index contributed by atoms with van der Waals surface area (Å²) in [7, 11) is 0. The number of hydrogen-bond donors (Lipinski definition) is 1. The van der Waals surface area contributed by atoms with Crippen LogP contribution in [0.15, 0.2) is 34.6 Å². The van der Waals surface area contributed by atoms with Crippen LogP contribution in [0.3, 0.4) is 0 Å². The van der Waals surface area contributed by atoms with Crippen LogP contribution in [-0.4, -0.2) is 48.6 Å². The highest BCUT2D eigenvalue weighted by molar-refractivity contribution is 14.0. The molecule has 1 aromatic carbocycles. The molecule has 2 aliphatic rings. The van der Waals surface area contributed by atoms with Crippen molar-refractivity contribution in [1.82, 2.24) is 15.2 Å². The standard InChI is InChI=1S/C22H31N5S.HI/c1-3-23-22(27-13-10-19-6-4-5-7-21(19)27)24-14-18-8-11-26(12-9-18)15-20-16-28-17(2)25-20;/h4-7,16,18H,3,8-15H2,1-2H3,(H,23,24);1H. The summed E-state index contributed by atoms with van der Waals surface area (Å²) in [6.07, 6.45) is 3.56. The molecule has 1 saturated heterocycles. The van der Waals surface area contributed by atoms with E-state index in [1.807, 2.05) is 0 Å². The second kappa shape index (κ2) is 10.7. The number of piperidine rings is 1. The molecule has 158 valence electrons. The van der Waals surface area contributed by atoms with E-state index in [1.165, 1.54) is 34.8 Å². The van der Waals surface area contributed by atoms with E-state index in [0.717, 1.165) is 51.6 Å². The molecule has 0 spiro atoms. The first-order chi connectivity index (χ1) is 13.7. The van der Waals surface area contributed by atoms with Gasteiger partial charge in [-0.15, -0.1) is 35.3 Å². The normalized spacial score (nSPS) is 17.9. The van der Waals surface area contributed by atoms with Gasteiger partial charge in [-0.25, -0.2) is 4.98 Å². The van der Waals surface area contributed by atoms with Crippen molar-refractivity contribution >= 4 is 47.0 Å². The number of fused-ring (bicyclic) bond motifs is 1. The van der Waals surface area contributed by atoms with Crippen LogP contribution in [-0.2, 0) is 13.0 Å². The van der Waals surface area contributed by atoms with E-state index < -0.39 is 0 Å². The lowest BCUT2D eigenvalue weighted by molar-refractivity contribution is 0.179. The van der Waals surface area contributed by atoms with Gasteiger partial charge in [-0.1, -0.05) is 18.2 Å². The number of aromatic nitrogens is 1. The first kappa shape index (κ1) is 22.5. The van der Waals surface area contributed by atoms with Crippen molar-refractivity contribution in [3.8, 4) is 0 Å². The SMILES string of the molecule is CCNC(=NCC1CCN(Cc2csc(C)n2)CC1)N1CCc2ccccc21.I. The smallest absolute Gasteiger partial charge is 0.198 e. The number of anilines is 1. The lowest BCUT2D eigenvalue weighted by Crippen LogP contribution is -2.41. The fourth-order valence-corrected chi connectivity index (χ4v) is 4.81. The fraction of sp³-hybridized carbons (Fsp3) is 0.545. The Hall–Kier alpha value is -1.19. The third-order valence-corrected chi connectivity index (χ3v) is 6.56. The summed E-state index contributed by atoms with van der Waals surface area (Å²) >= 11 is 1.75. The van der Waals surface area contributed by atoms with Crippen molar-refractivity contribution in [3.05, 3.63) is 45.9 Å². The number of benzene rings is 1. The quantitative estimate of drug-likeness (QED) is 0.359. The molecule has 0 bridgehead atoms. The zero-order valence-electron chi connectivity index (χ0n) is 17.4. The Bertz CT molecular complexity index is 813. The first-order valence-corrected chi connectivity index (χ1v) is 11.4. The van der Waals surface area contributed by atoms with E-state index in [-0.39, 0.29) is 24.0 Å². The molecule has 1 N–H and O–H groups in total. The average Bonchev–Trinajstić information content (AvgIpc) is 3.32. The number of hydrogen-bond acceptors (Lipinski definition) is 4. The van der Waals surface area contributed by atoms with Gasteiger partial charge in [0.1, 0.15) is 0 Å². The molecule has 5 nitrogen and oxygen atoms in total. The van der Waals surface area contributed by atoms with Crippen molar-refractivity contribution < 1.29 is 0 Å². The van der Waals surface area contributed by atoms with Crippen molar-refractivity contribution in [1.29, 1.82) is 0 Å². The minimum atomic E-state index is 0. The van der Waals surface area contributed by atoms with E-state index in [2.05, 4.69) is 63.6 Å². The van der Waals surface area contributed by atoms with Crippen molar-refractivity contribution in [3.63, 3.8) is 0 Å². The fourth-order valence-electron chi connectivity index (χ4n) is 4.21. The number of thiazole rings is 1. The van der Waals surface area contributed by atoms with Crippen LogP contribution in [0.1, 0.15) is 36.0 Å². The molecular weight excluding hydrogens is 493 g/mol. The molecule has 2 aliphatic heterocycles. The summed E-state index contributed by atoms with van der Waals surface area (Å²) in [6.45, 7) is 10.4. The van der Waals surface area contributed by atoms with Gasteiger partial charge >= 0.3 is 0 Å². The summed E-state index contributed by atoms with van der Waals surface area (Å²) in [6, 6.07) is 8.71. The van der Waals surface area contributed by atoms with Crippen LogP contribution in [0.5, 0.6) is 0 Å². The van der Waals surface area contributed by atoms with Crippen LogP contribution >= 0.6 is 35.3 Å². The van der Waals surface area contributed by atoms with Gasteiger partial charge in [0.2, 0.25) is 0 Å². The molecule has 2 aromatic rings. The number of halogens is 1. The van der Waals surface area contributed by atoms with Crippen molar-refractivity contribution in [2.24, 2.45) is 10.9 Å². The maximum absolute atomic E-state index is 5.03. The Morgan fingerprint density at radius 1 is 1.24 bits per heavy atom. The predicted molar refractivity (Wildman–Crippen MR) is 134 cm³/mol. The number of aryl methyl sites for hydroxylation is 1. The number of rotatable bonds is 5. The molecule has 0 amide bonds. The highest BCUT2D eigenvalue weighted by atomic mass is 127. The Morgan fingerprint density at radius 3 is 2.76 bits per heavy atom. The second-order valence-electron chi connectivity index (χ2n) is 7.80. The lowest BCUT2D eigenvalue weighted by atomic mass is 9.97. The van der Waals surface area contributed by atoms with Crippen molar-refractivity contribution in [2.45, 2.75) is 39.7 Å². The molecule has 0 radical (unpaired) electrons. The number of nitrogens with one attached hydrogen (secondary N) is 1. The van der Waals surface area contributed by atoms with Gasteiger partial charge in [0.05, 0.1) is 10.7 Å². The molecule has 0 unspecified atom stereocenters. The van der Waals surface area contributed by atoms with Crippen LogP contribution in [0, 0.1) is 12.8 Å². The van der Waals surface area contributed by atoms with E-state index in [9.17, 15) is 0 Å². The Morgan fingerprint density at radius 2 is 2.03 bits per heavy atom. The Kier molecular flexibility index (Phi) is 8.32. The van der Waals surface area contributed by atoms with E-state index in [4.69, 9.17) is 4.99 Å². The van der Waals surface area contributed by atoms with E-state index >= 15 is 0 Å². The number of aliphatic imine (C=N–C) groups is 1. The Balaban J connectivity index is 0.00000240. The van der Waals surface area contributed by atoms with Crippen LogP contribution in [0.4, 0.5) is 5.69 Å². The minimum absolute atomic E-state index is 0. The maximum Gasteiger partial charge on any atom is 0.198 e. The molecule has 0 aliphatic carbocycles. The molecule has 0 saturated carbocycles. The lowest BCUT2D eigenvalue weighted by Gasteiger charge is -2.31. The minimum Gasteiger partial charge on any atom is -0.356 e. The monoisotopic (exact) mass is 525 g/mol. The van der Waals surface area contributed by atoms with Gasteiger partial charge < -0.3 is 10.2 Å². The molecule has 29 heavy (non-hydrogen) atoms. The number of nitrogens with zero attached hydrogens (tertiary/aromatic N) is 4. The molecular formula is C22H32IN5S. The molecule has 0 atom stereocenters. The highest BCUT2D eigenvalue weighted by Gasteiger charge is 2.24. The number of likely N-dealkylation sites (tertiary alicyclic amines) is 1. The van der Waals surface area contributed by atoms with Crippen LogP contribution in [0.25, 0.3) is 0 Å². The zero-order chi connectivity index (χ0) is 19.3. The van der Waals surface area contributed by atoms with Crippen LogP contribution in [0.2, 0.25) is 0 Å². The topological polar surface area (TPSA) is 43.8 Å².